The van der Waals surface area contributed by atoms with Crippen LogP contribution in [0.1, 0.15) is 13.3 Å². The topological polar surface area (TPSA) is 12.0 Å². The van der Waals surface area contributed by atoms with Gasteiger partial charge in [-0.05, 0) is 35.0 Å². The van der Waals surface area contributed by atoms with Gasteiger partial charge in [0.1, 0.15) is 0 Å². The largest absolute Gasteiger partial charge is 0.376 e. The smallest absolute Gasteiger partial charge is 0.0998 e. The zero-order valence-electron chi connectivity index (χ0n) is 15.0. The first-order valence-electron chi connectivity index (χ1n) is 8.96. The van der Waals surface area contributed by atoms with Gasteiger partial charge in [0, 0.05) is 6.54 Å². The van der Waals surface area contributed by atoms with Crippen LogP contribution in [-0.4, -0.2) is 17.3 Å². The molecule has 0 amide bonds. The molecule has 0 aromatic heterocycles. The first kappa shape index (κ1) is 18.6. The van der Waals surface area contributed by atoms with Crippen LogP contribution < -0.4 is 21.2 Å². The average Bonchev–Trinajstić information content (AvgIpc) is 2.72. The van der Waals surface area contributed by atoms with Crippen LogP contribution in [0.25, 0.3) is 0 Å². The minimum Gasteiger partial charge on any atom is -0.376 e. The minimum absolute atomic E-state index is 0.830. The second-order valence-corrected chi connectivity index (χ2v) is 9.84. The van der Waals surface area contributed by atoms with Crippen molar-refractivity contribution in [1.29, 1.82) is 0 Å². The maximum atomic E-state index is 5.73. The quantitative estimate of drug-likeness (QED) is 0.513. The third kappa shape index (κ3) is 3.98. The van der Waals surface area contributed by atoms with Crippen LogP contribution in [0.4, 0.5) is 0 Å². The van der Waals surface area contributed by atoms with Crippen molar-refractivity contribution in [1.82, 2.24) is 5.32 Å². The van der Waals surface area contributed by atoms with E-state index >= 15 is 0 Å². The molecule has 0 heterocycles. The molecule has 0 aliphatic carbocycles. The predicted octanol–water partition coefficient (Wildman–Crippen LogP) is 4.11. The molecule has 3 aromatic carbocycles. The predicted molar refractivity (Wildman–Crippen MR) is 122 cm³/mol. The van der Waals surface area contributed by atoms with Gasteiger partial charge in [-0.3, -0.25) is 0 Å². The summed E-state index contributed by atoms with van der Waals surface area (Å²) in [4.78, 5) is 0.830. The Balaban J connectivity index is 2.32. The Bertz CT molecular complexity index is 786. The number of hydrogen-bond donors (Lipinski definition) is 1. The van der Waals surface area contributed by atoms with Crippen molar-refractivity contribution in [3.05, 3.63) is 91.0 Å². The molecule has 1 N–H and O–H groups in total. The van der Waals surface area contributed by atoms with E-state index in [1.807, 2.05) is 0 Å². The molecule has 0 radical (unpaired) electrons. The lowest BCUT2D eigenvalue weighted by molar-refractivity contribution is 0.853. The molecular formula is C23H24NPS. The molecule has 1 nitrogen and oxygen atoms in total. The Morgan fingerprint density at radius 1 is 0.769 bits per heavy atom. The van der Waals surface area contributed by atoms with Crippen molar-refractivity contribution in [3.8, 4) is 0 Å². The molecule has 3 rings (SSSR count). The Labute approximate surface area is 162 Å². The van der Waals surface area contributed by atoms with Gasteiger partial charge in [-0.15, -0.1) is 0 Å². The van der Waals surface area contributed by atoms with Crippen LogP contribution >= 0.6 is 19.1 Å². The van der Waals surface area contributed by atoms with Gasteiger partial charge in [-0.25, -0.2) is 0 Å². The van der Waals surface area contributed by atoms with Gasteiger partial charge < -0.3 is 5.32 Å². The van der Waals surface area contributed by atoms with E-state index in [2.05, 4.69) is 109 Å². The van der Waals surface area contributed by atoms with Crippen LogP contribution in [0.15, 0.2) is 91.0 Å². The highest BCUT2D eigenvalue weighted by Crippen LogP contribution is 2.43. The summed E-state index contributed by atoms with van der Waals surface area (Å²) >= 11 is 5.73. The molecule has 0 aliphatic heterocycles. The fourth-order valence-electron chi connectivity index (χ4n) is 3.13. The lowest BCUT2D eigenvalue weighted by Crippen LogP contribution is -2.32. The lowest BCUT2D eigenvalue weighted by atomic mass is 10.4. The van der Waals surface area contributed by atoms with Crippen LogP contribution in [0.3, 0.4) is 0 Å². The van der Waals surface area contributed by atoms with Crippen molar-refractivity contribution in [3.63, 3.8) is 0 Å². The molecular weight excluding hydrogens is 353 g/mol. The molecule has 3 aromatic rings. The van der Waals surface area contributed by atoms with Crippen molar-refractivity contribution < 1.29 is 0 Å². The van der Waals surface area contributed by atoms with E-state index in [0.717, 1.165) is 18.0 Å². The van der Waals surface area contributed by atoms with Crippen molar-refractivity contribution in [2.24, 2.45) is 0 Å². The van der Waals surface area contributed by atoms with Crippen LogP contribution in [0.5, 0.6) is 0 Å². The number of hydrogen-bond acceptors (Lipinski definition) is 1. The monoisotopic (exact) mass is 377 g/mol. The van der Waals surface area contributed by atoms with Crippen LogP contribution in [0, 0.1) is 0 Å². The van der Waals surface area contributed by atoms with Gasteiger partial charge >= 0.3 is 0 Å². The second-order valence-electron chi connectivity index (χ2n) is 6.15. The van der Waals surface area contributed by atoms with Gasteiger partial charge in [0.05, 0.1) is 4.99 Å². The van der Waals surface area contributed by atoms with E-state index in [1.165, 1.54) is 15.9 Å². The zero-order chi connectivity index (χ0) is 18.2. The highest BCUT2D eigenvalue weighted by molar-refractivity contribution is 7.97. The van der Waals surface area contributed by atoms with E-state index < -0.39 is 6.89 Å². The summed E-state index contributed by atoms with van der Waals surface area (Å²) in [5, 5.41) is 7.35. The zero-order valence-corrected chi connectivity index (χ0v) is 16.7. The number of benzene rings is 3. The van der Waals surface area contributed by atoms with Crippen molar-refractivity contribution in [2.75, 3.05) is 6.54 Å². The van der Waals surface area contributed by atoms with E-state index in [4.69, 9.17) is 12.2 Å². The first-order valence-corrected chi connectivity index (χ1v) is 11.2. The van der Waals surface area contributed by atoms with Gasteiger partial charge in [-0.2, -0.15) is 0 Å². The fraction of sp³-hybridized carbons (Fsp3) is 0.130. The molecule has 0 saturated carbocycles. The van der Waals surface area contributed by atoms with Gasteiger partial charge in [0.25, 0.3) is 0 Å². The second kappa shape index (κ2) is 8.98. The summed E-state index contributed by atoms with van der Waals surface area (Å²) in [5.41, 5.74) is 0. The normalized spacial score (nSPS) is 11.0. The van der Waals surface area contributed by atoms with Gasteiger partial charge in [0.15, 0.2) is 0 Å². The lowest BCUT2D eigenvalue weighted by Gasteiger charge is -2.29. The van der Waals surface area contributed by atoms with E-state index in [9.17, 15) is 0 Å². The first-order chi connectivity index (χ1) is 12.8. The van der Waals surface area contributed by atoms with Crippen LogP contribution in [-0.2, 0) is 0 Å². The molecule has 0 spiro atoms. The molecule has 0 aliphatic rings. The standard InChI is InChI=1S/C23H24NPS/c1-2-18-24-23(26)19-25(20-12-6-3-7-13-20,21-14-8-4-9-15-21)22-16-10-5-11-17-22/h3-17,19H,2,18H2,1H3,(H,24,26). The van der Waals surface area contributed by atoms with Gasteiger partial charge in [-0.1, -0.05) is 110 Å². The average molecular weight is 377 g/mol. The Kier molecular flexibility index (Phi) is 6.44. The van der Waals surface area contributed by atoms with Crippen LogP contribution in [0.2, 0.25) is 0 Å². The molecule has 0 saturated heterocycles. The third-order valence-corrected chi connectivity index (χ3v) is 8.77. The Morgan fingerprint density at radius 3 is 1.50 bits per heavy atom. The number of thiocarbonyl (C=S) groups is 1. The Morgan fingerprint density at radius 2 is 1.15 bits per heavy atom. The summed E-state index contributed by atoms with van der Waals surface area (Å²) in [6.07, 6.45) is 1.06. The maximum Gasteiger partial charge on any atom is 0.0998 e. The summed E-state index contributed by atoms with van der Waals surface area (Å²) in [5.74, 6) is 2.30. The maximum absolute atomic E-state index is 5.73. The SMILES string of the molecule is CCCNC(=S)C=P(c1ccccc1)(c1ccccc1)c1ccccc1. The Hall–Kier alpha value is -2.15. The molecule has 0 bridgehead atoms. The summed E-state index contributed by atoms with van der Waals surface area (Å²) in [7, 11) is 0. The van der Waals surface area contributed by atoms with Crippen molar-refractivity contribution in [2.45, 2.75) is 13.3 Å². The third-order valence-electron chi connectivity index (χ3n) is 4.35. The molecule has 132 valence electrons. The summed E-state index contributed by atoms with van der Waals surface area (Å²) < 4.78 is 0. The molecule has 0 fully saturated rings. The molecule has 0 unspecified atom stereocenters. The molecule has 26 heavy (non-hydrogen) atoms. The minimum atomic E-state index is -1.98. The molecule has 0 atom stereocenters. The van der Waals surface area contributed by atoms with E-state index in [1.54, 1.807) is 0 Å². The molecule has 3 heteroatoms. The van der Waals surface area contributed by atoms with Gasteiger partial charge in [0.2, 0.25) is 0 Å². The summed E-state index contributed by atoms with van der Waals surface area (Å²) in [6, 6.07) is 32.3. The fourth-order valence-corrected chi connectivity index (χ4v) is 7.42. The summed E-state index contributed by atoms with van der Waals surface area (Å²) in [6.45, 7) is 1.07. The van der Waals surface area contributed by atoms with E-state index in [-0.39, 0.29) is 0 Å². The number of rotatable bonds is 6. The van der Waals surface area contributed by atoms with E-state index in [0.29, 0.717) is 0 Å². The number of nitrogens with one attached hydrogen (secondary N) is 1. The highest BCUT2D eigenvalue weighted by atomic mass is 32.1. The highest BCUT2D eigenvalue weighted by Gasteiger charge is 2.25. The van der Waals surface area contributed by atoms with Crippen molar-refractivity contribution >= 4 is 45.8 Å².